The van der Waals surface area contributed by atoms with Gasteiger partial charge in [-0.05, 0) is 24.3 Å². The molecule has 4 rings (SSSR count). The zero-order valence-corrected chi connectivity index (χ0v) is 11.4. The molecule has 5 heteroatoms. The zero-order valence-electron chi connectivity index (χ0n) is 11.4. The van der Waals surface area contributed by atoms with E-state index in [0.717, 1.165) is 5.39 Å². The van der Waals surface area contributed by atoms with E-state index >= 15 is 0 Å². The molecule has 0 atom stereocenters. The summed E-state index contributed by atoms with van der Waals surface area (Å²) in [5, 5.41) is 9.98. The van der Waals surface area contributed by atoms with Crippen LogP contribution in [0.3, 0.4) is 0 Å². The van der Waals surface area contributed by atoms with Gasteiger partial charge in [-0.15, -0.1) is 0 Å². The Balaban J connectivity index is 1.85. The quantitative estimate of drug-likeness (QED) is 0.691. The molecule has 0 fully saturated rings. The highest BCUT2D eigenvalue weighted by Crippen LogP contribution is 2.33. The third-order valence-corrected chi connectivity index (χ3v) is 3.67. The van der Waals surface area contributed by atoms with Crippen molar-refractivity contribution < 1.29 is 14.3 Å². The fraction of sp³-hybridized carbons (Fsp3) is 0.0588. The summed E-state index contributed by atoms with van der Waals surface area (Å²) >= 11 is 0. The standard InChI is InChI=1S/C17H10N2O3/c18-8-12-9-19(14-4-2-1-3-13(12)14)17(20)11-5-6-15-16(7-11)22-10-21-15/h1-7,9H,10H2. The van der Waals surface area contributed by atoms with Crippen LogP contribution in [0.1, 0.15) is 15.9 Å². The number of carbonyl (C=O) groups excluding carboxylic acids is 1. The van der Waals surface area contributed by atoms with Crippen LogP contribution in [0.15, 0.2) is 48.7 Å². The number of hydrogen-bond acceptors (Lipinski definition) is 4. The van der Waals surface area contributed by atoms with Crippen molar-refractivity contribution in [3.05, 3.63) is 59.8 Å². The summed E-state index contributed by atoms with van der Waals surface area (Å²) in [5.74, 6) is 0.977. The summed E-state index contributed by atoms with van der Waals surface area (Å²) in [6.45, 7) is 0.165. The molecule has 5 nitrogen and oxygen atoms in total. The summed E-state index contributed by atoms with van der Waals surface area (Å²) in [6.07, 6.45) is 1.57. The molecule has 0 saturated heterocycles. The van der Waals surface area contributed by atoms with E-state index in [0.29, 0.717) is 28.1 Å². The Labute approximate surface area is 125 Å². The topological polar surface area (TPSA) is 64.2 Å². The monoisotopic (exact) mass is 290 g/mol. The van der Waals surface area contributed by atoms with Gasteiger partial charge in [-0.2, -0.15) is 5.26 Å². The molecule has 0 amide bonds. The predicted octanol–water partition coefficient (Wildman–Crippen LogP) is 2.93. The summed E-state index contributed by atoms with van der Waals surface area (Å²) in [6, 6.07) is 14.5. The number of nitrogens with zero attached hydrogens (tertiary/aromatic N) is 2. The SMILES string of the molecule is N#Cc1cn(C(=O)c2ccc3c(c2)OCO3)c2ccccc12. The van der Waals surface area contributed by atoms with Crippen LogP contribution in [0.2, 0.25) is 0 Å². The smallest absolute Gasteiger partial charge is 0.262 e. The second-order valence-corrected chi connectivity index (χ2v) is 4.91. The first kappa shape index (κ1) is 12.5. The molecular formula is C17H10N2O3. The molecule has 2 heterocycles. The lowest BCUT2D eigenvalue weighted by molar-refractivity contribution is 0.0964. The molecule has 22 heavy (non-hydrogen) atoms. The maximum Gasteiger partial charge on any atom is 0.262 e. The summed E-state index contributed by atoms with van der Waals surface area (Å²) < 4.78 is 12.0. The van der Waals surface area contributed by atoms with Crippen LogP contribution in [0.5, 0.6) is 11.5 Å². The van der Waals surface area contributed by atoms with E-state index in [1.54, 1.807) is 24.4 Å². The normalized spacial score (nSPS) is 12.3. The van der Waals surface area contributed by atoms with Crippen molar-refractivity contribution in [1.29, 1.82) is 5.26 Å². The van der Waals surface area contributed by atoms with Crippen molar-refractivity contribution in [2.75, 3.05) is 6.79 Å². The number of para-hydroxylation sites is 1. The van der Waals surface area contributed by atoms with E-state index in [1.807, 2.05) is 24.3 Å². The second kappa shape index (κ2) is 4.64. The van der Waals surface area contributed by atoms with Gasteiger partial charge in [0, 0.05) is 17.1 Å². The van der Waals surface area contributed by atoms with E-state index in [-0.39, 0.29) is 12.7 Å². The number of hydrogen-bond donors (Lipinski definition) is 0. The molecule has 1 aliphatic heterocycles. The minimum absolute atomic E-state index is 0.165. The van der Waals surface area contributed by atoms with Gasteiger partial charge in [-0.1, -0.05) is 18.2 Å². The highest BCUT2D eigenvalue weighted by Gasteiger charge is 2.19. The van der Waals surface area contributed by atoms with Crippen molar-refractivity contribution in [2.45, 2.75) is 0 Å². The van der Waals surface area contributed by atoms with Crippen molar-refractivity contribution in [2.24, 2.45) is 0 Å². The van der Waals surface area contributed by atoms with Gasteiger partial charge in [0.15, 0.2) is 11.5 Å². The molecule has 2 aromatic carbocycles. The van der Waals surface area contributed by atoms with Gasteiger partial charge in [0.25, 0.3) is 5.91 Å². The molecule has 0 bridgehead atoms. The summed E-state index contributed by atoms with van der Waals surface area (Å²) in [7, 11) is 0. The molecule has 106 valence electrons. The lowest BCUT2D eigenvalue weighted by Gasteiger charge is -2.05. The van der Waals surface area contributed by atoms with Gasteiger partial charge in [-0.3, -0.25) is 9.36 Å². The fourth-order valence-electron chi connectivity index (χ4n) is 2.61. The number of nitriles is 1. The number of ether oxygens (including phenoxy) is 2. The Morgan fingerprint density at radius 2 is 1.95 bits per heavy atom. The van der Waals surface area contributed by atoms with Crippen molar-refractivity contribution in [1.82, 2.24) is 4.57 Å². The van der Waals surface area contributed by atoms with Crippen LogP contribution < -0.4 is 9.47 Å². The van der Waals surface area contributed by atoms with Gasteiger partial charge in [0.1, 0.15) is 6.07 Å². The Morgan fingerprint density at radius 3 is 2.82 bits per heavy atom. The lowest BCUT2D eigenvalue weighted by Crippen LogP contribution is -2.10. The molecule has 1 aliphatic rings. The van der Waals surface area contributed by atoms with E-state index < -0.39 is 0 Å². The van der Waals surface area contributed by atoms with Gasteiger partial charge in [0.2, 0.25) is 6.79 Å². The van der Waals surface area contributed by atoms with Crippen molar-refractivity contribution in [3.63, 3.8) is 0 Å². The second-order valence-electron chi connectivity index (χ2n) is 4.91. The molecule has 0 aliphatic carbocycles. The van der Waals surface area contributed by atoms with Crippen LogP contribution >= 0.6 is 0 Å². The van der Waals surface area contributed by atoms with Crippen LogP contribution in [0, 0.1) is 11.3 Å². The average Bonchev–Trinajstić information content (AvgIpc) is 3.17. The number of aromatic nitrogens is 1. The first-order valence-corrected chi connectivity index (χ1v) is 6.72. The average molecular weight is 290 g/mol. The zero-order chi connectivity index (χ0) is 15.1. The van der Waals surface area contributed by atoms with E-state index in [1.165, 1.54) is 4.57 Å². The first-order valence-electron chi connectivity index (χ1n) is 6.72. The van der Waals surface area contributed by atoms with Crippen molar-refractivity contribution in [3.8, 4) is 17.6 Å². The molecule has 0 spiro atoms. The number of benzene rings is 2. The van der Waals surface area contributed by atoms with Crippen LogP contribution in [0.25, 0.3) is 10.9 Å². The summed E-state index contributed by atoms with van der Waals surface area (Å²) in [4.78, 5) is 12.7. The Morgan fingerprint density at radius 1 is 1.14 bits per heavy atom. The maximum atomic E-state index is 12.7. The van der Waals surface area contributed by atoms with Gasteiger partial charge < -0.3 is 9.47 Å². The first-order chi connectivity index (χ1) is 10.8. The molecule has 0 saturated carbocycles. The highest BCUT2D eigenvalue weighted by atomic mass is 16.7. The number of carbonyl (C=O) groups is 1. The predicted molar refractivity (Wildman–Crippen MR) is 78.9 cm³/mol. The number of fused-ring (bicyclic) bond motifs is 2. The molecular weight excluding hydrogens is 280 g/mol. The molecule has 1 aromatic heterocycles. The van der Waals surface area contributed by atoms with E-state index in [4.69, 9.17) is 9.47 Å². The third kappa shape index (κ3) is 1.75. The minimum atomic E-state index is -0.212. The van der Waals surface area contributed by atoms with E-state index in [2.05, 4.69) is 6.07 Å². The fourth-order valence-corrected chi connectivity index (χ4v) is 2.61. The molecule has 0 radical (unpaired) electrons. The molecule has 0 N–H and O–H groups in total. The summed E-state index contributed by atoms with van der Waals surface area (Å²) in [5.41, 5.74) is 1.67. The number of rotatable bonds is 1. The van der Waals surface area contributed by atoms with Gasteiger partial charge in [0.05, 0.1) is 11.1 Å². The minimum Gasteiger partial charge on any atom is -0.454 e. The third-order valence-electron chi connectivity index (χ3n) is 3.67. The van der Waals surface area contributed by atoms with Gasteiger partial charge >= 0.3 is 0 Å². The van der Waals surface area contributed by atoms with Crippen LogP contribution in [0.4, 0.5) is 0 Å². The van der Waals surface area contributed by atoms with Crippen molar-refractivity contribution >= 4 is 16.8 Å². The Bertz CT molecular complexity index is 950. The highest BCUT2D eigenvalue weighted by molar-refractivity contribution is 6.03. The Hall–Kier alpha value is -3.26. The maximum absolute atomic E-state index is 12.7. The largest absolute Gasteiger partial charge is 0.454 e. The molecule has 0 unspecified atom stereocenters. The van der Waals surface area contributed by atoms with Crippen LogP contribution in [-0.4, -0.2) is 17.3 Å². The lowest BCUT2D eigenvalue weighted by atomic mass is 10.2. The van der Waals surface area contributed by atoms with Crippen LogP contribution in [-0.2, 0) is 0 Å². The van der Waals surface area contributed by atoms with E-state index in [9.17, 15) is 10.1 Å². The molecule has 3 aromatic rings. The van der Waals surface area contributed by atoms with Gasteiger partial charge in [-0.25, -0.2) is 0 Å². The Kier molecular flexibility index (Phi) is 2.63.